The van der Waals surface area contributed by atoms with E-state index in [0.717, 1.165) is 4.31 Å². The zero-order chi connectivity index (χ0) is 24.7. The van der Waals surface area contributed by atoms with Crippen molar-refractivity contribution in [3.05, 3.63) is 66.7 Å². The van der Waals surface area contributed by atoms with E-state index in [4.69, 9.17) is 18.9 Å². The fourth-order valence-corrected chi connectivity index (χ4v) is 4.70. The molecule has 0 fully saturated rings. The van der Waals surface area contributed by atoms with Crippen LogP contribution in [-0.4, -0.2) is 49.3 Å². The lowest BCUT2D eigenvalue weighted by molar-refractivity contribution is -0.114. The number of benzene rings is 3. The van der Waals surface area contributed by atoms with Crippen LogP contribution in [0, 0.1) is 0 Å². The van der Waals surface area contributed by atoms with Crippen molar-refractivity contribution in [2.45, 2.75) is 4.90 Å². The topological polar surface area (TPSA) is 103 Å². The molecular weight excluding hydrogens is 460 g/mol. The molecule has 3 aromatic rings. The predicted octanol–water partition coefficient (Wildman–Crippen LogP) is 3.56. The molecule has 0 aliphatic heterocycles. The van der Waals surface area contributed by atoms with Crippen molar-refractivity contribution in [3.8, 4) is 23.0 Å². The largest absolute Gasteiger partial charge is 0.497 e. The third-order valence-electron chi connectivity index (χ3n) is 4.94. The van der Waals surface area contributed by atoms with E-state index in [-0.39, 0.29) is 16.3 Å². The summed E-state index contributed by atoms with van der Waals surface area (Å²) in [5.41, 5.74) is 0.575. The molecular formula is C24H26N2O7S. The Labute approximate surface area is 198 Å². The van der Waals surface area contributed by atoms with Crippen LogP contribution in [0.5, 0.6) is 23.0 Å². The smallest absolute Gasteiger partial charge is 0.264 e. The predicted molar refractivity (Wildman–Crippen MR) is 129 cm³/mol. The molecule has 180 valence electrons. The number of carbonyl (C=O) groups excluding carboxylic acids is 1. The standard InChI is InChI=1S/C24H26N2O7S/c1-30-18-11-13-21(31-2)20(15-18)26(34(28,29)19-8-6-5-7-9-19)16-24(27)25-17-10-12-22(32-3)23(14-17)33-4/h5-15H,16H2,1-4H3,(H,25,27). The molecule has 0 aliphatic carbocycles. The summed E-state index contributed by atoms with van der Waals surface area (Å²) in [6, 6.07) is 17.4. The summed E-state index contributed by atoms with van der Waals surface area (Å²) in [7, 11) is 1.74. The van der Waals surface area contributed by atoms with Crippen LogP contribution < -0.4 is 28.6 Å². The first-order valence-corrected chi connectivity index (χ1v) is 11.6. The number of rotatable bonds is 10. The van der Waals surface area contributed by atoms with Crippen LogP contribution in [0.25, 0.3) is 0 Å². The fourth-order valence-electron chi connectivity index (χ4n) is 3.26. The molecule has 0 aliphatic rings. The van der Waals surface area contributed by atoms with Gasteiger partial charge < -0.3 is 24.3 Å². The first kappa shape index (κ1) is 24.7. The monoisotopic (exact) mass is 486 g/mol. The number of anilines is 2. The van der Waals surface area contributed by atoms with Crippen LogP contribution in [0.2, 0.25) is 0 Å². The quantitative estimate of drug-likeness (QED) is 0.467. The van der Waals surface area contributed by atoms with E-state index in [1.54, 1.807) is 48.5 Å². The van der Waals surface area contributed by atoms with Gasteiger partial charge in [0.25, 0.3) is 10.0 Å². The number of sulfonamides is 1. The third-order valence-corrected chi connectivity index (χ3v) is 6.71. The summed E-state index contributed by atoms with van der Waals surface area (Å²) in [6.07, 6.45) is 0. The van der Waals surface area contributed by atoms with E-state index in [1.807, 2.05) is 0 Å². The maximum atomic E-state index is 13.6. The normalized spacial score (nSPS) is 10.8. The van der Waals surface area contributed by atoms with Gasteiger partial charge in [-0.2, -0.15) is 0 Å². The van der Waals surface area contributed by atoms with Gasteiger partial charge in [-0.25, -0.2) is 8.42 Å². The first-order chi connectivity index (χ1) is 16.3. The van der Waals surface area contributed by atoms with Gasteiger partial charge in [0.05, 0.1) is 39.0 Å². The van der Waals surface area contributed by atoms with E-state index in [9.17, 15) is 13.2 Å². The zero-order valence-electron chi connectivity index (χ0n) is 19.3. The maximum Gasteiger partial charge on any atom is 0.264 e. The van der Waals surface area contributed by atoms with Crippen molar-refractivity contribution < 1.29 is 32.2 Å². The summed E-state index contributed by atoms with van der Waals surface area (Å²) in [6.45, 7) is -0.519. The van der Waals surface area contributed by atoms with Crippen molar-refractivity contribution in [3.63, 3.8) is 0 Å². The van der Waals surface area contributed by atoms with Gasteiger partial charge in [0.2, 0.25) is 5.91 Å². The SMILES string of the molecule is COc1ccc(OC)c(N(CC(=O)Nc2ccc(OC)c(OC)c2)S(=O)(=O)c2ccccc2)c1. The molecule has 0 radical (unpaired) electrons. The van der Waals surface area contributed by atoms with Gasteiger partial charge in [0, 0.05) is 17.8 Å². The fraction of sp³-hybridized carbons (Fsp3) is 0.208. The van der Waals surface area contributed by atoms with Crippen LogP contribution in [0.1, 0.15) is 0 Å². The number of hydrogen-bond acceptors (Lipinski definition) is 7. The minimum Gasteiger partial charge on any atom is -0.497 e. The van der Waals surface area contributed by atoms with Crippen LogP contribution in [-0.2, 0) is 14.8 Å². The van der Waals surface area contributed by atoms with E-state index in [2.05, 4.69) is 5.32 Å². The van der Waals surface area contributed by atoms with Crippen LogP contribution >= 0.6 is 0 Å². The van der Waals surface area contributed by atoms with Gasteiger partial charge in [-0.1, -0.05) is 18.2 Å². The molecule has 0 spiro atoms. The second-order valence-corrected chi connectivity index (χ2v) is 8.84. The minimum atomic E-state index is -4.13. The van der Waals surface area contributed by atoms with Gasteiger partial charge in [-0.05, 0) is 36.4 Å². The second kappa shape index (κ2) is 10.8. The Balaban J connectivity index is 2.01. The Bertz CT molecular complexity index is 1250. The highest BCUT2D eigenvalue weighted by Crippen LogP contribution is 2.36. The number of nitrogens with zero attached hydrogens (tertiary/aromatic N) is 1. The highest BCUT2D eigenvalue weighted by atomic mass is 32.2. The van der Waals surface area contributed by atoms with Crippen LogP contribution in [0.15, 0.2) is 71.6 Å². The lowest BCUT2D eigenvalue weighted by Crippen LogP contribution is -2.38. The summed E-state index contributed by atoms with van der Waals surface area (Å²) in [4.78, 5) is 13.0. The molecule has 3 aromatic carbocycles. The molecule has 0 saturated heterocycles. The number of nitrogens with one attached hydrogen (secondary N) is 1. The second-order valence-electron chi connectivity index (χ2n) is 6.98. The number of hydrogen-bond donors (Lipinski definition) is 1. The molecule has 0 heterocycles. The van der Waals surface area contributed by atoms with Crippen molar-refractivity contribution in [1.29, 1.82) is 0 Å². The Kier molecular flexibility index (Phi) is 7.85. The van der Waals surface area contributed by atoms with Crippen molar-refractivity contribution in [2.75, 3.05) is 44.6 Å². The van der Waals surface area contributed by atoms with Gasteiger partial charge in [-0.3, -0.25) is 9.10 Å². The van der Waals surface area contributed by atoms with E-state index in [0.29, 0.717) is 22.9 Å². The summed E-state index contributed by atoms with van der Waals surface area (Å²) in [5, 5.41) is 2.71. The highest BCUT2D eigenvalue weighted by molar-refractivity contribution is 7.92. The molecule has 34 heavy (non-hydrogen) atoms. The molecule has 1 N–H and O–H groups in total. The molecule has 3 rings (SSSR count). The Morgan fingerprint density at radius 3 is 2.06 bits per heavy atom. The molecule has 0 aromatic heterocycles. The van der Waals surface area contributed by atoms with Gasteiger partial charge in [0.15, 0.2) is 11.5 Å². The van der Waals surface area contributed by atoms with Gasteiger partial charge in [0.1, 0.15) is 18.0 Å². The minimum absolute atomic E-state index is 0.0267. The summed E-state index contributed by atoms with van der Waals surface area (Å²) in [5.74, 6) is 1.01. The number of carbonyl (C=O) groups is 1. The number of methoxy groups -OCH3 is 4. The van der Waals surface area contributed by atoms with E-state index < -0.39 is 22.5 Å². The average molecular weight is 487 g/mol. The van der Waals surface area contributed by atoms with E-state index in [1.165, 1.54) is 46.6 Å². The molecule has 1 amide bonds. The van der Waals surface area contributed by atoms with Crippen molar-refractivity contribution in [2.24, 2.45) is 0 Å². The first-order valence-electron chi connectivity index (χ1n) is 10.2. The third kappa shape index (κ3) is 5.34. The molecule has 0 bridgehead atoms. The summed E-state index contributed by atoms with van der Waals surface area (Å²) >= 11 is 0. The van der Waals surface area contributed by atoms with E-state index >= 15 is 0 Å². The molecule has 0 saturated carbocycles. The van der Waals surface area contributed by atoms with Crippen molar-refractivity contribution in [1.82, 2.24) is 0 Å². The lowest BCUT2D eigenvalue weighted by atomic mass is 10.2. The average Bonchev–Trinajstić information content (AvgIpc) is 2.87. The molecule has 9 nitrogen and oxygen atoms in total. The Morgan fingerprint density at radius 2 is 1.44 bits per heavy atom. The number of amides is 1. The van der Waals surface area contributed by atoms with Crippen molar-refractivity contribution >= 4 is 27.3 Å². The molecule has 0 atom stereocenters. The maximum absolute atomic E-state index is 13.6. The number of ether oxygens (including phenoxy) is 4. The lowest BCUT2D eigenvalue weighted by Gasteiger charge is -2.26. The highest BCUT2D eigenvalue weighted by Gasteiger charge is 2.30. The van der Waals surface area contributed by atoms with Gasteiger partial charge in [-0.15, -0.1) is 0 Å². The van der Waals surface area contributed by atoms with Crippen LogP contribution in [0.3, 0.4) is 0 Å². The summed E-state index contributed by atoms with van der Waals surface area (Å²) < 4.78 is 49.3. The van der Waals surface area contributed by atoms with Crippen LogP contribution in [0.4, 0.5) is 11.4 Å². The molecule has 0 unspecified atom stereocenters. The Morgan fingerprint density at radius 1 is 0.794 bits per heavy atom. The Hall–Kier alpha value is -3.92. The zero-order valence-corrected chi connectivity index (χ0v) is 20.1. The van der Waals surface area contributed by atoms with Gasteiger partial charge >= 0.3 is 0 Å². The molecule has 10 heteroatoms.